The van der Waals surface area contributed by atoms with Gasteiger partial charge in [0.25, 0.3) is 0 Å². The zero-order valence-corrected chi connectivity index (χ0v) is 11.8. The minimum Gasteiger partial charge on any atom is -0.423 e. The standard InChI is InChI=1S/C12H16O6Si/c1-4-12(14)18-10-6-5-7-11(8-10)19(15-2,16-3)17-9-13/h4-8,13H,1,9H2,2-3H3. The Kier molecular flexibility index (Phi) is 5.86. The molecule has 0 amide bonds. The van der Waals surface area contributed by atoms with Crippen LogP contribution in [0.1, 0.15) is 0 Å². The molecule has 0 spiro atoms. The first kappa shape index (κ1) is 15.5. The van der Waals surface area contributed by atoms with E-state index in [1.54, 1.807) is 24.3 Å². The van der Waals surface area contributed by atoms with Crippen molar-refractivity contribution in [1.29, 1.82) is 0 Å². The van der Waals surface area contributed by atoms with E-state index in [-0.39, 0.29) is 0 Å². The van der Waals surface area contributed by atoms with Crippen LogP contribution in [0.15, 0.2) is 36.9 Å². The lowest BCUT2D eigenvalue weighted by molar-refractivity contribution is -0.128. The Bertz CT molecular complexity index is 444. The van der Waals surface area contributed by atoms with Crippen molar-refractivity contribution in [2.45, 2.75) is 0 Å². The summed E-state index contributed by atoms with van der Waals surface area (Å²) in [7, 11) is -0.330. The topological polar surface area (TPSA) is 74.2 Å². The molecule has 1 rings (SSSR count). The highest BCUT2D eigenvalue weighted by atomic mass is 28.4. The van der Waals surface area contributed by atoms with Crippen molar-refractivity contribution in [3.8, 4) is 5.75 Å². The number of aliphatic hydroxyl groups excluding tert-OH is 1. The number of hydrogen-bond donors (Lipinski definition) is 1. The highest BCUT2D eigenvalue weighted by molar-refractivity contribution is 6.75. The predicted molar refractivity (Wildman–Crippen MR) is 69.9 cm³/mol. The monoisotopic (exact) mass is 284 g/mol. The van der Waals surface area contributed by atoms with E-state index < -0.39 is 21.6 Å². The van der Waals surface area contributed by atoms with Gasteiger partial charge in [0.05, 0.1) is 0 Å². The predicted octanol–water partition coefficient (Wildman–Crippen LogP) is 0.183. The molecule has 104 valence electrons. The second-order valence-electron chi connectivity index (χ2n) is 3.39. The summed E-state index contributed by atoms with van der Waals surface area (Å²) in [4.78, 5) is 11.1. The third kappa shape index (κ3) is 3.72. The van der Waals surface area contributed by atoms with Crippen LogP contribution in [-0.2, 0) is 18.1 Å². The van der Waals surface area contributed by atoms with Crippen molar-refractivity contribution in [1.82, 2.24) is 0 Å². The Morgan fingerprint density at radius 2 is 2.11 bits per heavy atom. The van der Waals surface area contributed by atoms with Gasteiger partial charge in [-0.3, -0.25) is 0 Å². The quantitative estimate of drug-likeness (QED) is 0.253. The minimum absolute atomic E-state index is 0.315. The van der Waals surface area contributed by atoms with E-state index in [4.69, 9.17) is 23.1 Å². The first-order valence-corrected chi connectivity index (χ1v) is 7.14. The SMILES string of the molecule is C=CC(=O)Oc1cccc([Si](OC)(OC)OCO)c1. The molecule has 0 aliphatic rings. The highest BCUT2D eigenvalue weighted by Crippen LogP contribution is 2.14. The maximum atomic E-state index is 11.1. The molecule has 19 heavy (non-hydrogen) atoms. The Hall–Kier alpha value is -1.51. The Morgan fingerprint density at radius 1 is 1.42 bits per heavy atom. The highest BCUT2D eigenvalue weighted by Gasteiger charge is 2.42. The van der Waals surface area contributed by atoms with Crippen LogP contribution in [-0.4, -0.2) is 40.9 Å². The summed E-state index contributed by atoms with van der Waals surface area (Å²) in [6.45, 7) is 2.78. The number of carbonyl (C=O) groups excluding carboxylic acids is 1. The zero-order chi connectivity index (χ0) is 14.3. The van der Waals surface area contributed by atoms with Gasteiger partial charge in [-0.2, -0.15) is 0 Å². The number of rotatable bonds is 7. The average molecular weight is 284 g/mol. The molecule has 1 aromatic carbocycles. The fourth-order valence-electron chi connectivity index (χ4n) is 1.51. The van der Waals surface area contributed by atoms with E-state index >= 15 is 0 Å². The molecule has 0 fully saturated rings. The van der Waals surface area contributed by atoms with Crippen molar-refractivity contribution in [3.63, 3.8) is 0 Å². The van der Waals surface area contributed by atoms with E-state index in [1.165, 1.54) is 14.2 Å². The normalized spacial score (nSPS) is 11.1. The zero-order valence-electron chi connectivity index (χ0n) is 10.8. The molecule has 0 unspecified atom stereocenters. The summed E-state index contributed by atoms with van der Waals surface area (Å²) >= 11 is 0. The van der Waals surface area contributed by atoms with Crippen LogP contribution in [0.25, 0.3) is 0 Å². The van der Waals surface area contributed by atoms with Gasteiger partial charge in [0.2, 0.25) is 0 Å². The van der Waals surface area contributed by atoms with E-state index in [1.807, 2.05) is 0 Å². The maximum Gasteiger partial charge on any atom is 0.538 e. The Morgan fingerprint density at radius 3 is 2.63 bits per heavy atom. The second-order valence-corrected chi connectivity index (χ2v) is 6.19. The van der Waals surface area contributed by atoms with Crippen LogP contribution in [0.3, 0.4) is 0 Å². The third-order valence-corrected chi connectivity index (χ3v) is 4.97. The van der Waals surface area contributed by atoms with Crippen molar-refractivity contribution in [2.24, 2.45) is 0 Å². The van der Waals surface area contributed by atoms with Gasteiger partial charge in [-0.05, 0) is 12.1 Å². The molecule has 6 nitrogen and oxygen atoms in total. The van der Waals surface area contributed by atoms with E-state index in [2.05, 4.69) is 6.58 Å². The van der Waals surface area contributed by atoms with Gasteiger partial charge in [-0.1, -0.05) is 18.7 Å². The second kappa shape index (κ2) is 7.17. The molecule has 0 saturated heterocycles. The van der Waals surface area contributed by atoms with Gasteiger partial charge in [0.15, 0.2) is 0 Å². The van der Waals surface area contributed by atoms with Gasteiger partial charge in [-0.15, -0.1) is 0 Å². The van der Waals surface area contributed by atoms with Crippen LogP contribution < -0.4 is 9.92 Å². The van der Waals surface area contributed by atoms with Crippen LogP contribution in [0.5, 0.6) is 5.75 Å². The van der Waals surface area contributed by atoms with Crippen LogP contribution in [0.2, 0.25) is 0 Å². The molecule has 0 saturated carbocycles. The van der Waals surface area contributed by atoms with Crippen LogP contribution in [0, 0.1) is 0 Å². The van der Waals surface area contributed by atoms with Crippen LogP contribution >= 0.6 is 0 Å². The fourth-order valence-corrected chi connectivity index (χ4v) is 3.34. The van der Waals surface area contributed by atoms with E-state index in [9.17, 15) is 4.79 Å². The summed E-state index contributed by atoms with van der Waals surface area (Å²) in [5.41, 5.74) is 0. The molecular formula is C12H16O6Si. The minimum atomic E-state index is -3.18. The molecular weight excluding hydrogens is 268 g/mol. The third-order valence-electron chi connectivity index (χ3n) is 2.36. The number of aliphatic hydroxyl groups is 1. The maximum absolute atomic E-state index is 11.1. The number of ether oxygens (including phenoxy) is 1. The molecule has 0 aliphatic heterocycles. The molecule has 0 atom stereocenters. The van der Waals surface area contributed by atoms with Gasteiger partial charge in [0.1, 0.15) is 12.5 Å². The van der Waals surface area contributed by atoms with E-state index in [0.717, 1.165) is 6.08 Å². The average Bonchev–Trinajstić information content (AvgIpc) is 2.45. The molecule has 0 aromatic heterocycles. The largest absolute Gasteiger partial charge is 0.538 e. The lowest BCUT2D eigenvalue weighted by Crippen LogP contribution is -2.55. The van der Waals surface area contributed by atoms with Crippen LogP contribution in [0.4, 0.5) is 0 Å². The number of carbonyl (C=O) groups is 1. The lowest BCUT2D eigenvalue weighted by atomic mass is 10.3. The molecule has 0 radical (unpaired) electrons. The summed E-state index contributed by atoms with van der Waals surface area (Å²) in [6.07, 6.45) is 1.06. The van der Waals surface area contributed by atoms with Crippen molar-refractivity contribution in [2.75, 3.05) is 21.0 Å². The molecule has 0 heterocycles. The van der Waals surface area contributed by atoms with Crippen molar-refractivity contribution in [3.05, 3.63) is 36.9 Å². The molecule has 0 bridgehead atoms. The molecule has 0 aliphatic carbocycles. The Labute approximate surface area is 112 Å². The summed E-state index contributed by atoms with van der Waals surface area (Å²) < 4.78 is 20.7. The lowest BCUT2D eigenvalue weighted by Gasteiger charge is -2.25. The summed E-state index contributed by atoms with van der Waals surface area (Å²) in [5, 5.41) is 9.50. The number of benzene rings is 1. The molecule has 1 N–H and O–H groups in total. The van der Waals surface area contributed by atoms with Gasteiger partial charge >= 0.3 is 14.8 Å². The number of esters is 1. The van der Waals surface area contributed by atoms with Gasteiger partial charge in [0, 0.05) is 25.5 Å². The van der Waals surface area contributed by atoms with Gasteiger partial charge in [-0.25, -0.2) is 4.79 Å². The Balaban J connectivity index is 3.07. The summed E-state index contributed by atoms with van der Waals surface area (Å²) in [6, 6.07) is 6.55. The van der Waals surface area contributed by atoms with E-state index in [0.29, 0.717) is 10.9 Å². The first-order valence-electron chi connectivity index (χ1n) is 5.41. The number of hydrogen-bond acceptors (Lipinski definition) is 6. The van der Waals surface area contributed by atoms with Crippen molar-refractivity contribution < 1.29 is 27.9 Å². The van der Waals surface area contributed by atoms with Crippen molar-refractivity contribution >= 4 is 20.0 Å². The first-order chi connectivity index (χ1) is 9.11. The molecule has 1 aromatic rings. The molecule has 7 heteroatoms. The van der Waals surface area contributed by atoms with Gasteiger partial charge < -0.3 is 23.1 Å². The smallest absolute Gasteiger partial charge is 0.423 e. The fraction of sp³-hybridized carbons (Fsp3) is 0.250. The summed E-state index contributed by atoms with van der Waals surface area (Å²) in [5.74, 6) is -0.253.